The van der Waals surface area contributed by atoms with Crippen LogP contribution in [-0.4, -0.2) is 64.2 Å². The molecular weight excluding hydrogens is 656 g/mol. The van der Waals surface area contributed by atoms with Crippen LogP contribution in [0.5, 0.6) is 0 Å². The number of amides is 4. The van der Waals surface area contributed by atoms with Crippen molar-refractivity contribution in [3.63, 3.8) is 0 Å². The van der Waals surface area contributed by atoms with E-state index in [4.69, 9.17) is 4.42 Å². The van der Waals surface area contributed by atoms with Crippen LogP contribution in [0.3, 0.4) is 0 Å². The molecule has 6 rings (SSSR count). The molecule has 1 aromatic heterocycles. The molecule has 1 aliphatic heterocycles. The summed E-state index contributed by atoms with van der Waals surface area (Å²) in [5.41, 5.74) is 4.25. The van der Waals surface area contributed by atoms with Gasteiger partial charge in [-0.3, -0.25) is 19.2 Å². The second-order valence-corrected chi connectivity index (χ2v) is 12.8. The number of aliphatic hydroxyl groups excluding tert-OH is 1. The molecular formula is C42H42N4O6. The fraction of sp³-hybridized carbons (Fsp3) is 0.238. The lowest BCUT2D eigenvalue weighted by atomic mass is 10.1. The number of hydrogen-bond acceptors (Lipinski definition) is 6. The van der Waals surface area contributed by atoms with Gasteiger partial charge in [0.1, 0.15) is 17.6 Å². The number of carbonyl (C=O) groups is 4. The zero-order valence-corrected chi connectivity index (χ0v) is 29.0. The second-order valence-electron chi connectivity index (χ2n) is 12.8. The van der Waals surface area contributed by atoms with Gasteiger partial charge in [0.15, 0.2) is 6.10 Å². The molecule has 0 spiro atoms. The molecule has 2 atom stereocenters. The Kier molecular flexibility index (Phi) is 11.6. The lowest BCUT2D eigenvalue weighted by Crippen LogP contribution is -2.43. The zero-order chi connectivity index (χ0) is 36.5. The van der Waals surface area contributed by atoms with E-state index in [1.807, 2.05) is 85.8 Å². The predicted octanol–water partition coefficient (Wildman–Crippen LogP) is 6.70. The van der Waals surface area contributed by atoms with Crippen LogP contribution in [-0.2, 0) is 25.6 Å². The molecule has 0 saturated carbocycles. The summed E-state index contributed by atoms with van der Waals surface area (Å²) in [6.45, 7) is 2.63. The van der Waals surface area contributed by atoms with Crippen LogP contribution in [0.2, 0.25) is 0 Å². The Hall–Kier alpha value is -6.00. The van der Waals surface area contributed by atoms with Gasteiger partial charge in [0.05, 0.1) is 13.0 Å². The Morgan fingerprint density at radius 3 is 1.96 bits per heavy atom. The number of rotatable bonds is 13. The van der Waals surface area contributed by atoms with Crippen molar-refractivity contribution in [2.24, 2.45) is 0 Å². The van der Waals surface area contributed by atoms with Crippen molar-refractivity contribution in [2.75, 3.05) is 30.3 Å². The molecule has 2 heterocycles. The van der Waals surface area contributed by atoms with E-state index in [0.29, 0.717) is 54.4 Å². The van der Waals surface area contributed by atoms with E-state index in [9.17, 15) is 24.3 Å². The normalized spacial score (nSPS) is 14.4. The van der Waals surface area contributed by atoms with Crippen LogP contribution in [0.4, 0.5) is 11.4 Å². The zero-order valence-electron chi connectivity index (χ0n) is 29.0. The summed E-state index contributed by atoms with van der Waals surface area (Å²) in [6.07, 6.45) is 0.991. The minimum Gasteiger partial charge on any atom is -0.456 e. The molecule has 4 amide bonds. The Bertz CT molecular complexity index is 1980. The number of furan rings is 1. The van der Waals surface area contributed by atoms with Crippen molar-refractivity contribution in [3.05, 3.63) is 132 Å². The van der Waals surface area contributed by atoms with E-state index in [1.54, 1.807) is 47.4 Å². The molecule has 0 radical (unpaired) electrons. The highest BCUT2D eigenvalue weighted by Gasteiger charge is 2.34. The highest BCUT2D eigenvalue weighted by molar-refractivity contribution is 5.98. The molecule has 1 saturated heterocycles. The third-order valence-corrected chi connectivity index (χ3v) is 9.06. The largest absolute Gasteiger partial charge is 0.456 e. The SMILES string of the molecule is CCCN(CC(=O)Nc1ccc(-c2ccc(-c3ccc(NC(=O)[C@@H]4CCCN4C(=O)Cc4ccccc4)cc3)o2)cc1)C(=O)[C@@H](O)c1ccccc1. The van der Waals surface area contributed by atoms with Crippen molar-refractivity contribution < 1.29 is 28.7 Å². The van der Waals surface area contributed by atoms with Crippen LogP contribution >= 0.6 is 0 Å². The molecule has 0 bridgehead atoms. The Morgan fingerprint density at radius 2 is 1.37 bits per heavy atom. The van der Waals surface area contributed by atoms with Gasteiger partial charge in [-0.05, 0) is 91.1 Å². The lowest BCUT2D eigenvalue weighted by molar-refractivity contribution is -0.142. The summed E-state index contributed by atoms with van der Waals surface area (Å²) in [5, 5.41) is 16.4. The minimum atomic E-state index is -1.34. The number of benzene rings is 4. The van der Waals surface area contributed by atoms with Gasteiger partial charge in [-0.2, -0.15) is 0 Å². The molecule has 4 aromatic carbocycles. The highest BCUT2D eigenvalue weighted by Crippen LogP contribution is 2.30. The fourth-order valence-electron chi connectivity index (χ4n) is 6.38. The van der Waals surface area contributed by atoms with Crippen LogP contribution in [0, 0.1) is 0 Å². The molecule has 1 aliphatic rings. The maximum Gasteiger partial charge on any atom is 0.256 e. The molecule has 1 fully saturated rings. The summed E-state index contributed by atoms with van der Waals surface area (Å²) in [4.78, 5) is 55.1. The number of hydrogen-bond donors (Lipinski definition) is 3. The third kappa shape index (κ3) is 8.83. The number of anilines is 2. The van der Waals surface area contributed by atoms with Gasteiger partial charge >= 0.3 is 0 Å². The monoisotopic (exact) mass is 698 g/mol. The smallest absolute Gasteiger partial charge is 0.256 e. The molecule has 10 nitrogen and oxygen atoms in total. The number of nitrogens with one attached hydrogen (secondary N) is 2. The first-order valence-corrected chi connectivity index (χ1v) is 17.6. The van der Waals surface area contributed by atoms with Gasteiger partial charge in [-0.1, -0.05) is 67.6 Å². The van der Waals surface area contributed by atoms with Gasteiger partial charge in [-0.15, -0.1) is 0 Å². The first kappa shape index (κ1) is 35.8. The second kappa shape index (κ2) is 16.8. The maximum absolute atomic E-state index is 13.2. The number of likely N-dealkylation sites (tertiary alicyclic amines) is 1. The van der Waals surface area contributed by atoms with Crippen molar-refractivity contribution in [1.82, 2.24) is 9.80 Å². The highest BCUT2D eigenvalue weighted by atomic mass is 16.3. The van der Waals surface area contributed by atoms with E-state index in [0.717, 1.165) is 23.1 Å². The van der Waals surface area contributed by atoms with Crippen LogP contribution in [0.1, 0.15) is 43.4 Å². The molecule has 0 unspecified atom stereocenters. The van der Waals surface area contributed by atoms with Crippen molar-refractivity contribution in [3.8, 4) is 22.6 Å². The van der Waals surface area contributed by atoms with Crippen molar-refractivity contribution in [1.29, 1.82) is 0 Å². The Morgan fingerprint density at radius 1 is 0.788 bits per heavy atom. The molecule has 52 heavy (non-hydrogen) atoms. The molecule has 10 heteroatoms. The first-order valence-electron chi connectivity index (χ1n) is 17.6. The van der Waals surface area contributed by atoms with Gasteiger partial charge in [0.2, 0.25) is 17.7 Å². The molecule has 3 N–H and O–H groups in total. The van der Waals surface area contributed by atoms with E-state index >= 15 is 0 Å². The maximum atomic E-state index is 13.2. The summed E-state index contributed by atoms with van der Waals surface area (Å²) < 4.78 is 6.15. The third-order valence-electron chi connectivity index (χ3n) is 9.06. The van der Waals surface area contributed by atoms with E-state index in [1.165, 1.54) is 4.90 Å². The first-order chi connectivity index (χ1) is 25.3. The molecule has 5 aromatic rings. The van der Waals surface area contributed by atoms with E-state index in [-0.39, 0.29) is 30.7 Å². The lowest BCUT2D eigenvalue weighted by Gasteiger charge is -2.24. The van der Waals surface area contributed by atoms with E-state index in [2.05, 4.69) is 10.6 Å². The van der Waals surface area contributed by atoms with E-state index < -0.39 is 18.1 Å². The summed E-state index contributed by atoms with van der Waals surface area (Å²) in [5.74, 6) is 0.163. The number of aliphatic hydroxyl groups is 1. The Balaban J connectivity index is 1.02. The van der Waals surface area contributed by atoms with Crippen molar-refractivity contribution >= 4 is 35.0 Å². The standard InChI is InChI=1S/C42H42N4O6/c1-2-25-45(42(51)40(49)32-12-7-4-8-13-32)28-38(47)43-33-19-15-30(16-20-33)36-23-24-37(52-36)31-17-21-34(22-18-31)44-41(50)35-14-9-26-46(35)39(48)27-29-10-5-3-6-11-29/h3-8,10-13,15-24,35,40,49H,2,9,14,25-28H2,1H3,(H,43,47)(H,44,50)/t35-,40-/m0/s1. The molecule has 266 valence electrons. The number of nitrogens with zero attached hydrogens (tertiary/aromatic N) is 2. The van der Waals surface area contributed by atoms with Gasteiger partial charge < -0.3 is 30.0 Å². The van der Waals surface area contributed by atoms with Gasteiger partial charge in [-0.25, -0.2) is 0 Å². The van der Waals surface area contributed by atoms with Gasteiger partial charge in [0, 0.05) is 35.6 Å². The van der Waals surface area contributed by atoms with Crippen LogP contribution < -0.4 is 10.6 Å². The fourth-order valence-corrected chi connectivity index (χ4v) is 6.38. The topological polar surface area (TPSA) is 132 Å². The van der Waals surface area contributed by atoms with Gasteiger partial charge in [0.25, 0.3) is 5.91 Å². The summed E-state index contributed by atoms with van der Waals surface area (Å²) in [6, 6.07) is 36.0. The quantitative estimate of drug-likeness (QED) is 0.126. The summed E-state index contributed by atoms with van der Waals surface area (Å²) in [7, 11) is 0. The van der Waals surface area contributed by atoms with Crippen LogP contribution in [0.25, 0.3) is 22.6 Å². The number of carbonyl (C=O) groups excluding carboxylic acids is 4. The average Bonchev–Trinajstić information content (AvgIpc) is 3.87. The molecule has 0 aliphatic carbocycles. The average molecular weight is 699 g/mol. The van der Waals surface area contributed by atoms with Crippen molar-refractivity contribution in [2.45, 2.75) is 44.8 Å². The van der Waals surface area contributed by atoms with Crippen LogP contribution in [0.15, 0.2) is 126 Å². The minimum absolute atomic E-state index is 0.0460. The Labute approximate surface area is 303 Å². The summed E-state index contributed by atoms with van der Waals surface area (Å²) >= 11 is 0. The predicted molar refractivity (Wildman–Crippen MR) is 200 cm³/mol.